The fourth-order valence-corrected chi connectivity index (χ4v) is 7.31. The fraction of sp³-hybridized carbons (Fsp3) is 0.955. The van der Waals surface area contributed by atoms with Crippen molar-refractivity contribution in [1.29, 1.82) is 0 Å². The van der Waals surface area contributed by atoms with Gasteiger partial charge < -0.3 is 14.9 Å². The van der Waals surface area contributed by atoms with Gasteiger partial charge in [0.1, 0.15) is 5.78 Å². The molecule has 4 nitrogen and oxygen atoms in total. The Morgan fingerprint density at radius 3 is 2.54 bits per heavy atom. The number of fused-ring (bicyclic) bond motifs is 1. The SMILES string of the molecule is CCC12CCC(=O)C1(C)CCC(C1(C)CCC(O)CC1CCO)C2OC. The molecule has 0 saturated heterocycles. The van der Waals surface area contributed by atoms with Gasteiger partial charge >= 0.3 is 0 Å². The molecule has 0 aliphatic heterocycles. The molecule has 3 saturated carbocycles. The number of methoxy groups -OCH3 is 1. The van der Waals surface area contributed by atoms with Crippen molar-refractivity contribution in [1.82, 2.24) is 0 Å². The second kappa shape index (κ2) is 7.18. The number of aliphatic hydroxyl groups excluding tert-OH is 2. The summed E-state index contributed by atoms with van der Waals surface area (Å²) in [6, 6.07) is 0. The number of aliphatic hydroxyl groups is 2. The largest absolute Gasteiger partial charge is 0.396 e. The van der Waals surface area contributed by atoms with Gasteiger partial charge in [0, 0.05) is 31.0 Å². The molecule has 26 heavy (non-hydrogen) atoms. The molecule has 0 heterocycles. The summed E-state index contributed by atoms with van der Waals surface area (Å²) in [4.78, 5) is 12.8. The molecule has 4 heteroatoms. The van der Waals surface area contributed by atoms with Crippen LogP contribution in [-0.2, 0) is 9.53 Å². The maximum absolute atomic E-state index is 12.8. The molecule has 0 aromatic rings. The van der Waals surface area contributed by atoms with Gasteiger partial charge in [0.25, 0.3) is 0 Å². The molecule has 0 amide bonds. The van der Waals surface area contributed by atoms with Crippen molar-refractivity contribution in [3.05, 3.63) is 0 Å². The average Bonchev–Trinajstić information content (AvgIpc) is 2.89. The van der Waals surface area contributed by atoms with Gasteiger partial charge in [0.2, 0.25) is 0 Å². The smallest absolute Gasteiger partial charge is 0.139 e. The van der Waals surface area contributed by atoms with Crippen LogP contribution in [0.15, 0.2) is 0 Å². The fourth-order valence-electron chi connectivity index (χ4n) is 7.31. The average molecular weight is 367 g/mol. The number of Topliss-reactive ketones (excluding diaryl/α,β-unsaturated/α-hetero) is 1. The van der Waals surface area contributed by atoms with Crippen molar-refractivity contribution in [3.8, 4) is 0 Å². The lowest BCUT2D eigenvalue weighted by Gasteiger charge is -2.60. The van der Waals surface area contributed by atoms with Crippen LogP contribution in [0.4, 0.5) is 0 Å². The minimum absolute atomic E-state index is 0.0533. The second-order valence-electron chi connectivity index (χ2n) is 9.71. The summed E-state index contributed by atoms with van der Waals surface area (Å²) < 4.78 is 6.22. The summed E-state index contributed by atoms with van der Waals surface area (Å²) in [5, 5.41) is 19.8. The van der Waals surface area contributed by atoms with Crippen LogP contribution in [-0.4, -0.2) is 41.9 Å². The number of ketones is 1. The van der Waals surface area contributed by atoms with Crippen molar-refractivity contribution >= 4 is 5.78 Å². The normalized spacial score (nSPS) is 49.2. The van der Waals surface area contributed by atoms with Crippen molar-refractivity contribution < 1.29 is 19.7 Å². The first-order chi connectivity index (χ1) is 12.3. The molecule has 7 atom stereocenters. The Labute approximate surface area is 158 Å². The summed E-state index contributed by atoms with van der Waals surface area (Å²) >= 11 is 0. The molecule has 150 valence electrons. The zero-order valence-electron chi connectivity index (χ0n) is 17.1. The molecule has 3 fully saturated rings. The quantitative estimate of drug-likeness (QED) is 0.778. The third-order valence-corrected chi connectivity index (χ3v) is 9.09. The summed E-state index contributed by atoms with van der Waals surface area (Å²) in [5.74, 6) is 1.13. The zero-order chi connectivity index (χ0) is 19.2. The van der Waals surface area contributed by atoms with Gasteiger partial charge in [-0.15, -0.1) is 0 Å². The predicted octanol–water partition coefficient (Wildman–Crippen LogP) is 3.73. The first-order valence-corrected chi connectivity index (χ1v) is 10.6. The van der Waals surface area contributed by atoms with E-state index in [1.165, 1.54) is 0 Å². The maximum Gasteiger partial charge on any atom is 0.139 e. The lowest BCUT2D eigenvalue weighted by molar-refractivity contribution is -0.187. The van der Waals surface area contributed by atoms with Gasteiger partial charge in [-0.05, 0) is 68.6 Å². The van der Waals surface area contributed by atoms with E-state index < -0.39 is 0 Å². The number of hydrogen-bond acceptors (Lipinski definition) is 4. The van der Waals surface area contributed by atoms with E-state index >= 15 is 0 Å². The standard InChI is InChI=1S/C22H38O4/c1-5-22-12-8-18(25)21(22,3)11-7-17(19(22)26-4)20(2)10-6-16(24)14-15(20)9-13-23/h15-17,19,23-24H,5-14H2,1-4H3. The minimum Gasteiger partial charge on any atom is -0.396 e. The molecular formula is C22H38O4. The zero-order valence-corrected chi connectivity index (χ0v) is 17.1. The number of rotatable bonds is 5. The molecule has 0 bridgehead atoms. The molecule has 7 unspecified atom stereocenters. The topological polar surface area (TPSA) is 66.8 Å². The van der Waals surface area contributed by atoms with Gasteiger partial charge in [-0.25, -0.2) is 0 Å². The third kappa shape index (κ3) is 2.70. The van der Waals surface area contributed by atoms with Crippen LogP contribution in [0.2, 0.25) is 0 Å². The van der Waals surface area contributed by atoms with E-state index in [2.05, 4.69) is 20.8 Å². The van der Waals surface area contributed by atoms with E-state index in [1.807, 2.05) is 7.11 Å². The van der Waals surface area contributed by atoms with Crippen molar-refractivity contribution in [2.24, 2.45) is 28.1 Å². The van der Waals surface area contributed by atoms with Gasteiger partial charge in [0.15, 0.2) is 0 Å². The third-order valence-electron chi connectivity index (χ3n) is 9.09. The molecular weight excluding hydrogens is 328 g/mol. The molecule has 2 N–H and O–H groups in total. The van der Waals surface area contributed by atoms with E-state index in [0.717, 1.165) is 51.4 Å². The van der Waals surface area contributed by atoms with Crippen molar-refractivity contribution in [2.45, 2.75) is 90.8 Å². The Balaban J connectivity index is 1.98. The Morgan fingerprint density at radius 2 is 1.92 bits per heavy atom. The summed E-state index contributed by atoms with van der Waals surface area (Å²) in [5.41, 5.74) is -0.266. The molecule has 3 rings (SSSR count). The second-order valence-corrected chi connectivity index (χ2v) is 9.71. The first-order valence-electron chi connectivity index (χ1n) is 10.6. The van der Waals surface area contributed by atoms with Crippen LogP contribution in [0.3, 0.4) is 0 Å². The van der Waals surface area contributed by atoms with E-state index in [-0.39, 0.29) is 35.1 Å². The van der Waals surface area contributed by atoms with Crippen LogP contribution in [0.1, 0.15) is 78.6 Å². The van der Waals surface area contributed by atoms with E-state index in [4.69, 9.17) is 4.74 Å². The van der Waals surface area contributed by atoms with E-state index in [0.29, 0.717) is 24.0 Å². The number of carbonyl (C=O) groups is 1. The van der Waals surface area contributed by atoms with Crippen LogP contribution in [0, 0.1) is 28.1 Å². The van der Waals surface area contributed by atoms with E-state index in [9.17, 15) is 15.0 Å². The Kier molecular flexibility index (Phi) is 5.60. The summed E-state index contributed by atoms with van der Waals surface area (Å²) in [6.45, 7) is 6.95. The molecule has 0 spiro atoms. The summed E-state index contributed by atoms with van der Waals surface area (Å²) in [6.07, 6.45) is 7.74. The monoisotopic (exact) mass is 366 g/mol. The first kappa shape index (κ1) is 20.3. The maximum atomic E-state index is 12.8. The summed E-state index contributed by atoms with van der Waals surface area (Å²) in [7, 11) is 1.83. The molecule has 0 aromatic carbocycles. The predicted molar refractivity (Wildman–Crippen MR) is 102 cm³/mol. The van der Waals surface area contributed by atoms with Crippen LogP contribution < -0.4 is 0 Å². The lowest BCUT2D eigenvalue weighted by Crippen LogP contribution is -2.59. The van der Waals surface area contributed by atoms with Crippen LogP contribution >= 0.6 is 0 Å². The highest BCUT2D eigenvalue weighted by Crippen LogP contribution is 2.66. The molecule has 0 aromatic heterocycles. The van der Waals surface area contributed by atoms with Crippen molar-refractivity contribution in [3.63, 3.8) is 0 Å². The Hall–Kier alpha value is -0.450. The van der Waals surface area contributed by atoms with Gasteiger partial charge in [-0.2, -0.15) is 0 Å². The molecule has 3 aliphatic rings. The van der Waals surface area contributed by atoms with Gasteiger partial charge in [-0.1, -0.05) is 20.8 Å². The van der Waals surface area contributed by atoms with Gasteiger partial charge in [-0.3, -0.25) is 4.79 Å². The lowest BCUT2D eigenvalue weighted by atomic mass is 9.46. The molecule has 0 radical (unpaired) electrons. The Bertz CT molecular complexity index is 534. The number of carbonyl (C=O) groups excluding carboxylic acids is 1. The molecule has 3 aliphatic carbocycles. The van der Waals surface area contributed by atoms with E-state index in [1.54, 1.807) is 0 Å². The number of ether oxygens (including phenoxy) is 1. The highest BCUT2D eigenvalue weighted by atomic mass is 16.5. The highest BCUT2D eigenvalue weighted by molar-refractivity contribution is 5.88. The Morgan fingerprint density at radius 1 is 1.19 bits per heavy atom. The highest BCUT2D eigenvalue weighted by Gasteiger charge is 2.66. The van der Waals surface area contributed by atoms with Crippen molar-refractivity contribution in [2.75, 3.05) is 13.7 Å². The van der Waals surface area contributed by atoms with Crippen LogP contribution in [0.25, 0.3) is 0 Å². The van der Waals surface area contributed by atoms with Gasteiger partial charge in [0.05, 0.1) is 12.2 Å². The van der Waals surface area contributed by atoms with Crippen LogP contribution in [0.5, 0.6) is 0 Å². The minimum atomic E-state index is -0.254. The number of hydrogen-bond donors (Lipinski definition) is 2.